The molecule has 1 aromatic carbocycles. The second-order valence-electron chi connectivity index (χ2n) is 3.72. The molecule has 1 amide bonds. The van der Waals surface area contributed by atoms with E-state index in [0.29, 0.717) is 5.56 Å². The number of carbonyl (C=O) groups is 2. The molecule has 98 valence electrons. The molecule has 1 aromatic rings. The first-order valence-corrected chi connectivity index (χ1v) is 7.25. The van der Waals surface area contributed by atoms with E-state index in [9.17, 15) is 9.59 Å². The minimum Gasteiger partial charge on any atom is -0.468 e. The molecule has 0 aliphatic rings. The number of ether oxygens (including phenoxy) is 1. The van der Waals surface area contributed by atoms with Gasteiger partial charge in [0.1, 0.15) is 3.92 Å². The van der Waals surface area contributed by atoms with E-state index in [1.54, 1.807) is 12.1 Å². The van der Waals surface area contributed by atoms with Crippen LogP contribution in [0.2, 0.25) is 0 Å². The van der Waals surface area contributed by atoms with Crippen LogP contribution in [0.1, 0.15) is 15.9 Å². The van der Waals surface area contributed by atoms with Crippen LogP contribution in [-0.4, -0.2) is 29.5 Å². The molecule has 0 radical (unpaired) electrons. The number of benzene rings is 1. The van der Waals surface area contributed by atoms with E-state index in [2.05, 4.69) is 26.0 Å². The van der Waals surface area contributed by atoms with Gasteiger partial charge in [0.2, 0.25) is 0 Å². The van der Waals surface area contributed by atoms with Gasteiger partial charge in [0.05, 0.1) is 7.11 Å². The second-order valence-corrected chi connectivity index (χ2v) is 6.14. The van der Waals surface area contributed by atoms with Crippen molar-refractivity contribution in [3.05, 3.63) is 33.8 Å². The van der Waals surface area contributed by atoms with E-state index in [1.165, 1.54) is 7.11 Å². The molecule has 0 bridgehead atoms. The molecule has 1 rings (SSSR count). The summed E-state index contributed by atoms with van der Waals surface area (Å²) in [7, 11) is 1.33. The zero-order valence-electron chi connectivity index (χ0n) is 10.00. The summed E-state index contributed by atoms with van der Waals surface area (Å²) in [5.41, 5.74) is 1.56. The molecule has 1 unspecified atom stereocenters. The number of rotatable bonds is 4. The summed E-state index contributed by atoms with van der Waals surface area (Å²) in [5.74, 6) is -0.550. The molecule has 0 aliphatic heterocycles. The topological polar surface area (TPSA) is 55.4 Å². The Morgan fingerprint density at radius 1 is 1.44 bits per heavy atom. The number of halogens is 2. The first kappa shape index (κ1) is 15.4. The van der Waals surface area contributed by atoms with Gasteiger partial charge in [-0.05, 0) is 30.7 Å². The summed E-state index contributed by atoms with van der Waals surface area (Å²) in [6.45, 7) is 2.16. The van der Waals surface area contributed by atoms with Gasteiger partial charge < -0.3 is 10.1 Å². The predicted molar refractivity (Wildman–Crippen MR) is 81.0 cm³/mol. The molecule has 0 fully saturated rings. The average Bonchev–Trinajstić information content (AvgIpc) is 2.33. The molecule has 6 heteroatoms. The number of methoxy groups -OCH3 is 1. The first-order valence-electron chi connectivity index (χ1n) is 5.21. The number of hydrogen-bond acceptors (Lipinski definition) is 3. The van der Waals surface area contributed by atoms with E-state index < -0.39 is 0 Å². The molecule has 0 aromatic heterocycles. The number of alkyl halides is 1. The highest BCUT2D eigenvalue weighted by Gasteiger charge is 2.16. The summed E-state index contributed by atoms with van der Waals surface area (Å²) < 4.78 is 5.05. The third-order valence-corrected chi connectivity index (χ3v) is 3.61. The number of amides is 1. The Bertz CT molecular complexity index is 444. The minimum atomic E-state index is -0.384. The predicted octanol–water partition coefficient (Wildman–Crippen LogP) is 2.46. The Hall–Kier alpha value is -0.630. The van der Waals surface area contributed by atoms with Gasteiger partial charge in [0.15, 0.2) is 0 Å². The number of nitrogens with one attached hydrogen (secondary N) is 1. The van der Waals surface area contributed by atoms with Crippen molar-refractivity contribution in [2.45, 2.75) is 10.8 Å². The fourth-order valence-corrected chi connectivity index (χ4v) is 2.45. The molecule has 0 spiro atoms. The van der Waals surface area contributed by atoms with Gasteiger partial charge in [-0.25, -0.2) is 0 Å². The smallest absolute Gasteiger partial charge is 0.320 e. The highest BCUT2D eigenvalue weighted by atomic mass is 127. The number of hydrogen-bond donors (Lipinski definition) is 1. The van der Waals surface area contributed by atoms with Crippen LogP contribution in [0.25, 0.3) is 0 Å². The minimum absolute atomic E-state index is 0.204. The van der Waals surface area contributed by atoms with Crippen molar-refractivity contribution < 1.29 is 14.3 Å². The summed E-state index contributed by atoms with van der Waals surface area (Å²) in [4.78, 5) is 23.1. The van der Waals surface area contributed by atoms with Gasteiger partial charge in [0.25, 0.3) is 5.91 Å². The summed E-state index contributed by atoms with van der Waals surface area (Å²) in [5, 5.41) is 2.70. The molecule has 0 aliphatic carbocycles. The summed E-state index contributed by atoms with van der Waals surface area (Å²) in [6, 6.07) is 5.45. The van der Waals surface area contributed by atoms with Gasteiger partial charge >= 0.3 is 5.97 Å². The van der Waals surface area contributed by atoms with E-state index in [1.807, 2.05) is 35.6 Å². The van der Waals surface area contributed by atoms with Gasteiger partial charge in [-0.3, -0.25) is 9.59 Å². The van der Waals surface area contributed by atoms with Gasteiger partial charge in [-0.2, -0.15) is 0 Å². The lowest BCUT2D eigenvalue weighted by Gasteiger charge is -2.10. The SMILES string of the molecule is COC(=O)C(I)CNC(=O)c1cc(C)cc(Br)c1. The number of carbonyl (C=O) groups excluding carboxylic acids is 2. The molecular formula is C12H13BrINO3. The molecule has 0 heterocycles. The van der Waals surface area contributed by atoms with Crippen molar-refractivity contribution in [3.8, 4) is 0 Å². The molecule has 1 atom stereocenters. The third kappa shape index (κ3) is 4.56. The van der Waals surface area contributed by atoms with E-state index in [-0.39, 0.29) is 22.3 Å². The maximum atomic E-state index is 11.9. The van der Waals surface area contributed by atoms with Gasteiger partial charge in [-0.15, -0.1) is 0 Å². The Kier molecular flexibility index (Phi) is 6.07. The number of esters is 1. The van der Waals surface area contributed by atoms with Gasteiger partial charge in [0, 0.05) is 16.6 Å². The highest BCUT2D eigenvalue weighted by molar-refractivity contribution is 14.1. The largest absolute Gasteiger partial charge is 0.468 e. The summed E-state index contributed by atoms with van der Waals surface area (Å²) >= 11 is 5.28. The fourth-order valence-electron chi connectivity index (χ4n) is 1.36. The Morgan fingerprint density at radius 3 is 2.67 bits per heavy atom. The molecule has 0 saturated carbocycles. The molecule has 4 nitrogen and oxygen atoms in total. The Morgan fingerprint density at radius 2 is 2.11 bits per heavy atom. The normalized spacial score (nSPS) is 11.8. The quantitative estimate of drug-likeness (QED) is 0.458. The molecule has 1 N–H and O–H groups in total. The lowest BCUT2D eigenvalue weighted by Crippen LogP contribution is -2.33. The van der Waals surface area contributed by atoms with Crippen LogP contribution in [0, 0.1) is 6.92 Å². The lowest BCUT2D eigenvalue weighted by atomic mass is 10.1. The van der Waals surface area contributed by atoms with Crippen molar-refractivity contribution in [2.24, 2.45) is 0 Å². The molecule has 18 heavy (non-hydrogen) atoms. The number of aryl methyl sites for hydroxylation is 1. The van der Waals surface area contributed by atoms with Crippen LogP contribution in [0.15, 0.2) is 22.7 Å². The maximum absolute atomic E-state index is 11.9. The summed E-state index contributed by atoms with van der Waals surface area (Å²) in [6.07, 6.45) is 0. The average molecular weight is 426 g/mol. The van der Waals surface area contributed by atoms with Gasteiger partial charge in [-0.1, -0.05) is 38.5 Å². The standard InChI is InChI=1S/C12H13BrINO3/c1-7-3-8(5-9(13)4-7)11(16)15-6-10(14)12(17)18-2/h3-5,10H,6H2,1-2H3,(H,15,16). The Labute approximate surface area is 128 Å². The van der Waals surface area contributed by atoms with Crippen molar-refractivity contribution in [1.29, 1.82) is 0 Å². The van der Waals surface area contributed by atoms with Crippen LogP contribution < -0.4 is 5.32 Å². The van der Waals surface area contributed by atoms with Crippen LogP contribution >= 0.6 is 38.5 Å². The van der Waals surface area contributed by atoms with Crippen LogP contribution in [0.3, 0.4) is 0 Å². The van der Waals surface area contributed by atoms with Crippen LogP contribution in [0.4, 0.5) is 0 Å². The van der Waals surface area contributed by atoms with Crippen molar-refractivity contribution >= 4 is 50.4 Å². The zero-order valence-corrected chi connectivity index (χ0v) is 13.7. The molecular weight excluding hydrogens is 413 g/mol. The van der Waals surface area contributed by atoms with Crippen molar-refractivity contribution in [1.82, 2.24) is 5.32 Å². The second kappa shape index (κ2) is 7.08. The fraction of sp³-hybridized carbons (Fsp3) is 0.333. The van der Waals surface area contributed by atoms with E-state index >= 15 is 0 Å². The van der Waals surface area contributed by atoms with E-state index in [0.717, 1.165) is 10.0 Å². The molecule has 0 saturated heterocycles. The van der Waals surface area contributed by atoms with Crippen LogP contribution in [0.5, 0.6) is 0 Å². The van der Waals surface area contributed by atoms with E-state index in [4.69, 9.17) is 0 Å². The van der Waals surface area contributed by atoms with Crippen molar-refractivity contribution in [2.75, 3.05) is 13.7 Å². The first-order chi connectivity index (χ1) is 8.43. The monoisotopic (exact) mass is 425 g/mol. The zero-order chi connectivity index (χ0) is 13.7. The lowest BCUT2D eigenvalue weighted by molar-refractivity contribution is -0.139. The Balaban J connectivity index is 2.63. The third-order valence-electron chi connectivity index (χ3n) is 2.20. The van der Waals surface area contributed by atoms with Crippen LogP contribution in [-0.2, 0) is 9.53 Å². The van der Waals surface area contributed by atoms with Crippen molar-refractivity contribution in [3.63, 3.8) is 0 Å². The highest BCUT2D eigenvalue weighted by Crippen LogP contribution is 2.15. The maximum Gasteiger partial charge on any atom is 0.320 e.